The molecule has 6 nitrogen and oxygen atoms in total. The van der Waals surface area contributed by atoms with Crippen LogP contribution in [-0.4, -0.2) is 36.4 Å². The van der Waals surface area contributed by atoms with E-state index in [1.54, 1.807) is 6.92 Å². The molecule has 2 N–H and O–H groups in total. The van der Waals surface area contributed by atoms with E-state index in [0.29, 0.717) is 23.7 Å². The zero-order valence-electron chi connectivity index (χ0n) is 7.67. The zero-order chi connectivity index (χ0) is 10.1. The summed E-state index contributed by atoms with van der Waals surface area (Å²) in [4.78, 5) is 8.13. The molecule has 2 heterocycles. The summed E-state index contributed by atoms with van der Waals surface area (Å²) in [5, 5.41) is 22.2. The number of aliphatic hydroxyl groups is 1. The van der Waals surface area contributed by atoms with Gasteiger partial charge in [-0.3, -0.25) is 0 Å². The standard InChI is InChI=1S/C8H10N4O2/c1-5-4-7(14)12-8(9-5)10-6(11-12)2-3-13/h4,13-14H,2-3H2,1H3. The second-order valence-corrected chi connectivity index (χ2v) is 2.97. The van der Waals surface area contributed by atoms with Crippen LogP contribution in [0.5, 0.6) is 5.88 Å². The van der Waals surface area contributed by atoms with Crippen LogP contribution in [0.25, 0.3) is 5.78 Å². The fourth-order valence-electron chi connectivity index (χ4n) is 1.22. The smallest absolute Gasteiger partial charge is 0.255 e. The highest BCUT2D eigenvalue weighted by molar-refractivity contribution is 5.33. The zero-order valence-corrected chi connectivity index (χ0v) is 7.67. The minimum Gasteiger partial charge on any atom is -0.493 e. The van der Waals surface area contributed by atoms with Gasteiger partial charge in [-0.2, -0.15) is 9.50 Å². The third kappa shape index (κ3) is 1.39. The van der Waals surface area contributed by atoms with E-state index < -0.39 is 0 Å². The van der Waals surface area contributed by atoms with Crippen molar-refractivity contribution in [1.82, 2.24) is 19.6 Å². The van der Waals surface area contributed by atoms with E-state index in [9.17, 15) is 5.11 Å². The monoisotopic (exact) mass is 194 g/mol. The Morgan fingerprint density at radius 1 is 1.43 bits per heavy atom. The summed E-state index contributed by atoms with van der Waals surface area (Å²) >= 11 is 0. The van der Waals surface area contributed by atoms with Gasteiger partial charge < -0.3 is 10.2 Å². The molecule has 0 aliphatic heterocycles. The van der Waals surface area contributed by atoms with Crippen LogP contribution in [-0.2, 0) is 6.42 Å². The van der Waals surface area contributed by atoms with Crippen molar-refractivity contribution in [1.29, 1.82) is 0 Å². The van der Waals surface area contributed by atoms with E-state index >= 15 is 0 Å². The fraction of sp³-hybridized carbons (Fsp3) is 0.375. The van der Waals surface area contributed by atoms with Gasteiger partial charge in [-0.1, -0.05) is 0 Å². The van der Waals surface area contributed by atoms with Crippen molar-refractivity contribution in [3.8, 4) is 5.88 Å². The van der Waals surface area contributed by atoms with Crippen molar-refractivity contribution < 1.29 is 10.2 Å². The molecule has 74 valence electrons. The molecule has 0 radical (unpaired) electrons. The summed E-state index contributed by atoms with van der Waals surface area (Å²) < 4.78 is 1.25. The summed E-state index contributed by atoms with van der Waals surface area (Å²) in [6.45, 7) is 1.75. The number of rotatable bonds is 2. The second kappa shape index (κ2) is 3.22. The Balaban J connectivity index is 2.58. The molecule has 14 heavy (non-hydrogen) atoms. The van der Waals surface area contributed by atoms with Gasteiger partial charge in [-0.05, 0) is 6.92 Å². The lowest BCUT2D eigenvalue weighted by Crippen LogP contribution is -1.94. The number of aryl methyl sites for hydroxylation is 1. The molecule has 6 heteroatoms. The van der Waals surface area contributed by atoms with Gasteiger partial charge in [0.1, 0.15) is 0 Å². The fourth-order valence-corrected chi connectivity index (χ4v) is 1.22. The van der Waals surface area contributed by atoms with E-state index in [2.05, 4.69) is 15.1 Å². The van der Waals surface area contributed by atoms with Crippen molar-refractivity contribution in [2.45, 2.75) is 13.3 Å². The molecule has 0 aliphatic carbocycles. The van der Waals surface area contributed by atoms with Crippen molar-refractivity contribution in [2.24, 2.45) is 0 Å². The number of nitrogens with zero attached hydrogens (tertiary/aromatic N) is 4. The first-order chi connectivity index (χ1) is 6.70. The predicted octanol–water partition coefficient (Wildman–Crippen LogP) is -0.327. The van der Waals surface area contributed by atoms with Crippen LogP contribution in [0.15, 0.2) is 6.07 Å². The number of aromatic hydroxyl groups is 1. The van der Waals surface area contributed by atoms with Gasteiger partial charge in [0.05, 0.1) is 6.61 Å². The Hall–Kier alpha value is -1.69. The van der Waals surface area contributed by atoms with Crippen LogP contribution in [0, 0.1) is 6.92 Å². The van der Waals surface area contributed by atoms with Crippen molar-refractivity contribution in [2.75, 3.05) is 6.61 Å². The molecule has 0 bridgehead atoms. The lowest BCUT2D eigenvalue weighted by atomic mass is 10.4. The average molecular weight is 194 g/mol. The molecule has 0 fully saturated rings. The minimum absolute atomic E-state index is 0.00388. The highest BCUT2D eigenvalue weighted by Gasteiger charge is 2.07. The van der Waals surface area contributed by atoms with Crippen molar-refractivity contribution in [3.05, 3.63) is 17.6 Å². The number of aliphatic hydroxyl groups excluding tert-OH is 1. The first kappa shape index (κ1) is 8.89. The number of hydrogen-bond donors (Lipinski definition) is 2. The number of hydrogen-bond acceptors (Lipinski definition) is 5. The Bertz CT molecular complexity index is 466. The SMILES string of the molecule is Cc1cc(O)n2nc(CCO)nc2n1. The van der Waals surface area contributed by atoms with E-state index in [0.717, 1.165) is 0 Å². The molecule has 0 spiro atoms. The first-order valence-corrected chi connectivity index (χ1v) is 4.24. The molecule has 2 rings (SSSR count). The van der Waals surface area contributed by atoms with Crippen LogP contribution in [0.1, 0.15) is 11.5 Å². The van der Waals surface area contributed by atoms with E-state index in [4.69, 9.17) is 5.11 Å². The maximum absolute atomic E-state index is 9.49. The lowest BCUT2D eigenvalue weighted by molar-refractivity contribution is 0.296. The van der Waals surface area contributed by atoms with Crippen LogP contribution < -0.4 is 0 Å². The van der Waals surface area contributed by atoms with Gasteiger partial charge in [0.25, 0.3) is 5.78 Å². The highest BCUT2D eigenvalue weighted by Crippen LogP contribution is 2.11. The van der Waals surface area contributed by atoms with Gasteiger partial charge in [-0.25, -0.2) is 4.98 Å². The highest BCUT2D eigenvalue weighted by atomic mass is 16.3. The molecule has 0 aliphatic rings. The molecule has 0 unspecified atom stereocenters. The van der Waals surface area contributed by atoms with Crippen molar-refractivity contribution in [3.63, 3.8) is 0 Å². The molecular formula is C8H10N4O2. The Morgan fingerprint density at radius 2 is 2.21 bits per heavy atom. The predicted molar refractivity (Wildman–Crippen MR) is 48.0 cm³/mol. The maximum Gasteiger partial charge on any atom is 0.255 e. The van der Waals surface area contributed by atoms with Gasteiger partial charge in [0.2, 0.25) is 5.88 Å². The molecular weight excluding hydrogens is 184 g/mol. The quantitative estimate of drug-likeness (QED) is 0.684. The lowest BCUT2D eigenvalue weighted by Gasteiger charge is -1.95. The molecule has 0 amide bonds. The molecule has 0 saturated heterocycles. The average Bonchev–Trinajstić information content (AvgIpc) is 2.48. The van der Waals surface area contributed by atoms with E-state index in [-0.39, 0.29) is 12.5 Å². The summed E-state index contributed by atoms with van der Waals surface area (Å²) in [7, 11) is 0. The summed E-state index contributed by atoms with van der Waals surface area (Å²) in [5.74, 6) is 0.830. The topological polar surface area (TPSA) is 83.5 Å². The van der Waals surface area contributed by atoms with Crippen molar-refractivity contribution >= 4 is 5.78 Å². The van der Waals surface area contributed by atoms with Crippen LogP contribution in [0.2, 0.25) is 0 Å². The Kier molecular flexibility index (Phi) is 2.05. The van der Waals surface area contributed by atoms with Gasteiger partial charge in [0.15, 0.2) is 5.82 Å². The van der Waals surface area contributed by atoms with Gasteiger partial charge in [-0.15, -0.1) is 5.10 Å². The maximum atomic E-state index is 9.49. The first-order valence-electron chi connectivity index (χ1n) is 4.24. The van der Waals surface area contributed by atoms with Crippen LogP contribution in [0.3, 0.4) is 0 Å². The normalized spacial score (nSPS) is 11.0. The number of aromatic nitrogens is 4. The van der Waals surface area contributed by atoms with E-state index in [1.165, 1.54) is 10.6 Å². The van der Waals surface area contributed by atoms with Gasteiger partial charge in [0, 0.05) is 18.2 Å². The molecule has 0 aromatic carbocycles. The second-order valence-electron chi connectivity index (χ2n) is 2.97. The molecule has 2 aromatic heterocycles. The van der Waals surface area contributed by atoms with Crippen LogP contribution >= 0.6 is 0 Å². The Labute approximate surface area is 79.9 Å². The third-order valence-electron chi connectivity index (χ3n) is 1.80. The van der Waals surface area contributed by atoms with Gasteiger partial charge >= 0.3 is 0 Å². The van der Waals surface area contributed by atoms with Crippen LogP contribution in [0.4, 0.5) is 0 Å². The largest absolute Gasteiger partial charge is 0.493 e. The Morgan fingerprint density at radius 3 is 2.93 bits per heavy atom. The summed E-state index contributed by atoms with van der Waals surface area (Å²) in [5.41, 5.74) is 0.679. The molecule has 2 aromatic rings. The summed E-state index contributed by atoms with van der Waals surface area (Å²) in [6, 6.07) is 1.50. The third-order valence-corrected chi connectivity index (χ3v) is 1.80. The molecule has 0 saturated carbocycles. The minimum atomic E-state index is -0.0172. The molecule has 0 atom stereocenters. The van der Waals surface area contributed by atoms with E-state index in [1.807, 2.05) is 0 Å². The summed E-state index contributed by atoms with van der Waals surface area (Å²) in [6.07, 6.45) is 0.363. The number of fused-ring (bicyclic) bond motifs is 1.